The third-order valence-electron chi connectivity index (χ3n) is 2.75. The van der Waals surface area contributed by atoms with Crippen molar-refractivity contribution in [3.05, 3.63) is 0 Å². The lowest BCUT2D eigenvalue weighted by molar-refractivity contribution is -0.261. The van der Waals surface area contributed by atoms with Crippen LogP contribution in [0.1, 0.15) is 6.42 Å². The van der Waals surface area contributed by atoms with Gasteiger partial charge in [0, 0.05) is 13.5 Å². The highest BCUT2D eigenvalue weighted by molar-refractivity contribution is 5.92. The highest BCUT2D eigenvalue weighted by Crippen LogP contribution is 2.32. The first-order valence-electron chi connectivity index (χ1n) is 4.55. The standard InChI is InChI=1S/C8H12N2O5/c1-14-4-2-3-5(9)6(11)10(3)7(15-4)8(12)13/h3-5,7H,2,9H2,1H3,(H,12,13)/t3?,4-,5?,7+/m0/s1. The fourth-order valence-corrected chi connectivity index (χ4v) is 1.93. The monoisotopic (exact) mass is 216 g/mol. The van der Waals surface area contributed by atoms with E-state index < -0.39 is 24.5 Å². The number of amides is 1. The minimum Gasteiger partial charge on any atom is -0.478 e. The van der Waals surface area contributed by atoms with E-state index in [0.717, 1.165) is 4.90 Å². The molecule has 0 aromatic heterocycles. The molecule has 2 saturated heterocycles. The van der Waals surface area contributed by atoms with Gasteiger partial charge in [0.1, 0.15) is 6.04 Å². The van der Waals surface area contributed by atoms with Crippen LogP contribution < -0.4 is 5.73 Å². The second-order valence-electron chi connectivity index (χ2n) is 3.57. The number of carboxylic acid groups (broad SMARTS) is 1. The normalized spacial score (nSPS) is 39.6. The number of hydrogen-bond donors (Lipinski definition) is 2. The van der Waals surface area contributed by atoms with Gasteiger partial charge in [0.15, 0.2) is 6.29 Å². The number of rotatable bonds is 2. The first kappa shape index (κ1) is 10.3. The van der Waals surface area contributed by atoms with Crippen molar-refractivity contribution < 1.29 is 24.2 Å². The Bertz CT molecular complexity index is 307. The molecule has 4 atom stereocenters. The van der Waals surface area contributed by atoms with Crippen molar-refractivity contribution in [2.24, 2.45) is 5.73 Å². The number of nitrogens with two attached hydrogens (primary N) is 1. The summed E-state index contributed by atoms with van der Waals surface area (Å²) in [7, 11) is 1.42. The fourth-order valence-electron chi connectivity index (χ4n) is 1.93. The van der Waals surface area contributed by atoms with E-state index in [0.29, 0.717) is 6.42 Å². The Morgan fingerprint density at radius 2 is 2.40 bits per heavy atom. The highest BCUT2D eigenvalue weighted by Gasteiger charge is 2.55. The summed E-state index contributed by atoms with van der Waals surface area (Å²) < 4.78 is 10.0. The number of β-lactam (4-membered cyclic amide) rings is 1. The Labute approximate surface area is 85.7 Å². The van der Waals surface area contributed by atoms with Crippen LogP contribution in [0.5, 0.6) is 0 Å². The van der Waals surface area contributed by atoms with Crippen LogP contribution in [-0.4, -0.2) is 53.6 Å². The molecule has 7 nitrogen and oxygen atoms in total. The average molecular weight is 216 g/mol. The predicted molar refractivity (Wildman–Crippen MR) is 46.5 cm³/mol. The Balaban J connectivity index is 2.17. The van der Waals surface area contributed by atoms with Crippen LogP contribution in [-0.2, 0) is 19.1 Å². The summed E-state index contributed by atoms with van der Waals surface area (Å²) in [4.78, 5) is 23.3. The number of ether oxygens (including phenoxy) is 2. The van der Waals surface area contributed by atoms with Gasteiger partial charge in [-0.05, 0) is 0 Å². The quantitative estimate of drug-likeness (QED) is 0.535. The number of hydrogen-bond acceptors (Lipinski definition) is 5. The molecule has 2 rings (SSSR count). The predicted octanol–water partition coefficient (Wildman–Crippen LogP) is -1.67. The average Bonchev–Trinajstić information content (AvgIpc) is 2.25. The van der Waals surface area contributed by atoms with E-state index in [1.807, 2.05) is 0 Å². The van der Waals surface area contributed by atoms with E-state index in [9.17, 15) is 9.59 Å². The lowest BCUT2D eigenvalue weighted by Gasteiger charge is -2.52. The molecular weight excluding hydrogens is 204 g/mol. The summed E-state index contributed by atoms with van der Waals surface area (Å²) in [5.41, 5.74) is 5.56. The fraction of sp³-hybridized carbons (Fsp3) is 0.750. The zero-order valence-electron chi connectivity index (χ0n) is 8.12. The van der Waals surface area contributed by atoms with Gasteiger partial charge in [-0.3, -0.25) is 4.79 Å². The van der Waals surface area contributed by atoms with E-state index in [1.54, 1.807) is 0 Å². The molecule has 2 fully saturated rings. The largest absolute Gasteiger partial charge is 0.478 e. The minimum absolute atomic E-state index is 0.294. The van der Waals surface area contributed by atoms with E-state index in [-0.39, 0.29) is 11.9 Å². The Morgan fingerprint density at radius 3 is 2.93 bits per heavy atom. The summed E-state index contributed by atoms with van der Waals surface area (Å²) in [6, 6.07) is -0.925. The van der Waals surface area contributed by atoms with Crippen molar-refractivity contribution in [1.82, 2.24) is 4.90 Å². The molecule has 3 N–H and O–H groups in total. The molecule has 0 spiro atoms. The second kappa shape index (κ2) is 3.44. The van der Waals surface area contributed by atoms with E-state index in [2.05, 4.69) is 0 Å². The molecule has 0 radical (unpaired) electrons. The summed E-state index contributed by atoms with van der Waals surface area (Å²) in [5, 5.41) is 8.86. The van der Waals surface area contributed by atoms with Gasteiger partial charge < -0.3 is 25.2 Å². The summed E-state index contributed by atoms with van der Waals surface area (Å²) in [6.45, 7) is 0. The van der Waals surface area contributed by atoms with E-state index >= 15 is 0 Å². The maximum Gasteiger partial charge on any atom is 0.354 e. The van der Waals surface area contributed by atoms with Crippen LogP contribution in [0.2, 0.25) is 0 Å². The van der Waals surface area contributed by atoms with Crippen LogP contribution in [0.25, 0.3) is 0 Å². The van der Waals surface area contributed by atoms with Gasteiger partial charge in [0.25, 0.3) is 0 Å². The van der Waals surface area contributed by atoms with Gasteiger partial charge in [-0.15, -0.1) is 0 Å². The van der Waals surface area contributed by atoms with Crippen LogP contribution in [0.4, 0.5) is 0 Å². The molecule has 0 aliphatic carbocycles. The molecule has 7 heteroatoms. The lowest BCUT2D eigenvalue weighted by atomic mass is 9.90. The molecule has 0 bridgehead atoms. The number of nitrogens with zero attached hydrogens (tertiary/aromatic N) is 1. The first-order chi connectivity index (χ1) is 7.06. The van der Waals surface area contributed by atoms with Crippen molar-refractivity contribution >= 4 is 11.9 Å². The zero-order valence-corrected chi connectivity index (χ0v) is 8.12. The second-order valence-corrected chi connectivity index (χ2v) is 3.57. The SMILES string of the molecule is CO[C@@H]1CC2C(N)C(=O)N2[C@@H](C(=O)O)O1. The third-order valence-corrected chi connectivity index (χ3v) is 2.75. The summed E-state index contributed by atoms with van der Waals surface area (Å²) in [6.07, 6.45) is -1.49. The molecule has 1 amide bonds. The minimum atomic E-state index is -1.28. The topological polar surface area (TPSA) is 102 Å². The third kappa shape index (κ3) is 1.39. The number of carboxylic acids is 1. The van der Waals surface area contributed by atoms with E-state index in [1.165, 1.54) is 7.11 Å². The maximum absolute atomic E-state index is 11.3. The molecule has 2 unspecified atom stereocenters. The number of carbonyl (C=O) groups is 2. The summed E-state index contributed by atoms with van der Waals surface area (Å²) >= 11 is 0. The highest BCUT2D eigenvalue weighted by atomic mass is 16.7. The number of methoxy groups -OCH3 is 1. The first-order valence-corrected chi connectivity index (χ1v) is 4.55. The Hall–Kier alpha value is -1.18. The zero-order chi connectivity index (χ0) is 11.2. The molecule has 2 heterocycles. The van der Waals surface area contributed by atoms with Crippen LogP contribution in [0.15, 0.2) is 0 Å². The number of fused-ring (bicyclic) bond motifs is 1. The lowest BCUT2D eigenvalue weighted by Crippen LogP contribution is -2.76. The van der Waals surface area contributed by atoms with Crippen LogP contribution in [0, 0.1) is 0 Å². The summed E-state index contributed by atoms with van der Waals surface area (Å²) in [5.74, 6) is -1.59. The number of carbonyl (C=O) groups excluding carboxylic acids is 1. The maximum atomic E-state index is 11.3. The smallest absolute Gasteiger partial charge is 0.354 e. The van der Waals surface area contributed by atoms with Crippen LogP contribution >= 0.6 is 0 Å². The van der Waals surface area contributed by atoms with Gasteiger partial charge in [-0.2, -0.15) is 0 Å². The number of aliphatic carboxylic acids is 1. The molecule has 84 valence electrons. The Kier molecular flexibility index (Phi) is 2.37. The Morgan fingerprint density at radius 1 is 1.73 bits per heavy atom. The molecule has 2 aliphatic heterocycles. The van der Waals surface area contributed by atoms with Gasteiger partial charge in [0.05, 0.1) is 6.04 Å². The van der Waals surface area contributed by atoms with Crippen molar-refractivity contribution in [1.29, 1.82) is 0 Å². The van der Waals surface area contributed by atoms with Gasteiger partial charge in [0.2, 0.25) is 12.1 Å². The molecule has 0 aromatic rings. The van der Waals surface area contributed by atoms with Crippen molar-refractivity contribution in [3.8, 4) is 0 Å². The molecule has 0 aromatic carbocycles. The van der Waals surface area contributed by atoms with Crippen molar-refractivity contribution in [2.45, 2.75) is 31.0 Å². The van der Waals surface area contributed by atoms with Gasteiger partial charge >= 0.3 is 5.97 Å². The van der Waals surface area contributed by atoms with Crippen LogP contribution in [0.3, 0.4) is 0 Å². The molecular formula is C8H12N2O5. The molecule has 0 saturated carbocycles. The van der Waals surface area contributed by atoms with Crippen molar-refractivity contribution in [3.63, 3.8) is 0 Å². The van der Waals surface area contributed by atoms with Crippen molar-refractivity contribution in [2.75, 3.05) is 7.11 Å². The van der Waals surface area contributed by atoms with E-state index in [4.69, 9.17) is 20.3 Å². The molecule has 15 heavy (non-hydrogen) atoms. The van der Waals surface area contributed by atoms with Gasteiger partial charge in [-0.1, -0.05) is 0 Å². The van der Waals surface area contributed by atoms with Gasteiger partial charge in [-0.25, -0.2) is 4.79 Å². The molecule has 2 aliphatic rings.